The molecule has 0 radical (unpaired) electrons. The van der Waals surface area contributed by atoms with E-state index in [1.165, 1.54) is 11.0 Å². The predicted octanol–water partition coefficient (Wildman–Crippen LogP) is 2.43. The van der Waals surface area contributed by atoms with E-state index in [1.807, 2.05) is 30.3 Å². The van der Waals surface area contributed by atoms with Crippen molar-refractivity contribution in [1.82, 2.24) is 24.8 Å². The lowest BCUT2D eigenvalue weighted by Gasteiger charge is -2.34. The number of nitrogens with zero attached hydrogens (tertiary/aromatic N) is 5. The first kappa shape index (κ1) is 21.2. The second-order valence-corrected chi connectivity index (χ2v) is 7.99. The van der Waals surface area contributed by atoms with Gasteiger partial charge in [-0.25, -0.2) is 13.5 Å². The number of fused-ring (bicyclic) bond motifs is 1. The van der Waals surface area contributed by atoms with E-state index in [0.29, 0.717) is 25.3 Å². The van der Waals surface area contributed by atoms with Crippen molar-refractivity contribution >= 4 is 11.8 Å². The van der Waals surface area contributed by atoms with E-state index in [1.54, 1.807) is 9.58 Å². The Kier molecular flexibility index (Phi) is 5.59. The number of aromatic nitrogens is 3. The van der Waals surface area contributed by atoms with Crippen LogP contribution < -0.4 is 0 Å². The molecule has 33 heavy (non-hydrogen) atoms. The summed E-state index contributed by atoms with van der Waals surface area (Å²) in [5.41, 5.74) is 1.99. The van der Waals surface area contributed by atoms with Crippen molar-refractivity contribution in [1.29, 1.82) is 0 Å². The third-order valence-corrected chi connectivity index (χ3v) is 5.99. The first-order chi connectivity index (χ1) is 16.0. The molecule has 1 unspecified atom stereocenters. The molecule has 0 spiro atoms. The van der Waals surface area contributed by atoms with Crippen LogP contribution in [0.15, 0.2) is 48.5 Å². The van der Waals surface area contributed by atoms with Gasteiger partial charge in [-0.1, -0.05) is 35.5 Å². The number of ether oxygens (including phenoxy) is 1. The molecule has 1 aromatic heterocycles. The Bertz CT molecular complexity index is 1190. The van der Waals surface area contributed by atoms with Crippen LogP contribution >= 0.6 is 0 Å². The van der Waals surface area contributed by atoms with Crippen molar-refractivity contribution < 1.29 is 23.1 Å². The Morgan fingerprint density at radius 2 is 1.61 bits per heavy atom. The molecule has 1 saturated heterocycles. The lowest BCUT2D eigenvalue weighted by Crippen LogP contribution is -2.50. The van der Waals surface area contributed by atoms with Crippen LogP contribution in [0, 0.1) is 11.6 Å². The van der Waals surface area contributed by atoms with E-state index in [0.717, 1.165) is 17.7 Å². The average molecular weight is 453 g/mol. The maximum absolute atomic E-state index is 13.5. The summed E-state index contributed by atoms with van der Waals surface area (Å²) in [4.78, 5) is 28.8. The zero-order valence-electron chi connectivity index (χ0n) is 17.7. The summed E-state index contributed by atoms with van der Waals surface area (Å²) in [6.07, 6.45) is -0.158. The number of benzene rings is 2. The summed E-state index contributed by atoms with van der Waals surface area (Å²) < 4.78 is 34.3. The van der Waals surface area contributed by atoms with E-state index >= 15 is 0 Å². The first-order valence-electron chi connectivity index (χ1n) is 10.6. The third-order valence-electron chi connectivity index (χ3n) is 5.99. The van der Waals surface area contributed by atoms with Gasteiger partial charge in [0.15, 0.2) is 17.3 Å². The number of carbonyl (C=O) groups excluding carboxylic acids is 2. The topological polar surface area (TPSA) is 80.6 Å². The molecule has 0 saturated carbocycles. The van der Waals surface area contributed by atoms with Crippen molar-refractivity contribution in [3.63, 3.8) is 0 Å². The van der Waals surface area contributed by atoms with Gasteiger partial charge in [0.1, 0.15) is 6.10 Å². The fourth-order valence-corrected chi connectivity index (χ4v) is 4.12. The van der Waals surface area contributed by atoms with Gasteiger partial charge in [0, 0.05) is 31.7 Å². The van der Waals surface area contributed by atoms with Crippen molar-refractivity contribution in [2.45, 2.75) is 19.3 Å². The maximum Gasteiger partial charge on any atom is 0.276 e. The summed E-state index contributed by atoms with van der Waals surface area (Å²) in [5.74, 6) is -2.73. The van der Waals surface area contributed by atoms with Crippen LogP contribution in [0.5, 0.6) is 0 Å². The summed E-state index contributed by atoms with van der Waals surface area (Å²) in [7, 11) is 0. The van der Waals surface area contributed by atoms with Crippen LogP contribution in [0.25, 0.3) is 0 Å². The minimum atomic E-state index is -1.07. The molecular weight excluding hydrogens is 432 g/mol. The Balaban J connectivity index is 1.23. The number of rotatable bonds is 3. The number of hydrogen-bond donors (Lipinski definition) is 0. The second-order valence-electron chi connectivity index (χ2n) is 7.99. The zero-order valence-corrected chi connectivity index (χ0v) is 17.7. The Morgan fingerprint density at radius 1 is 0.909 bits per heavy atom. The largest absolute Gasteiger partial charge is 0.365 e. The summed E-state index contributed by atoms with van der Waals surface area (Å²) >= 11 is 0. The lowest BCUT2D eigenvalue weighted by atomic mass is 10.1. The summed E-state index contributed by atoms with van der Waals surface area (Å²) in [5, 5.41) is 8.26. The van der Waals surface area contributed by atoms with E-state index in [4.69, 9.17) is 4.74 Å². The van der Waals surface area contributed by atoms with Crippen LogP contribution in [0.3, 0.4) is 0 Å². The molecule has 3 heterocycles. The van der Waals surface area contributed by atoms with Crippen molar-refractivity contribution in [2.75, 3.05) is 26.2 Å². The molecule has 10 heteroatoms. The van der Waals surface area contributed by atoms with Crippen molar-refractivity contribution in [2.24, 2.45) is 0 Å². The minimum absolute atomic E-state index is 0.0752. The highest BCUT2D eigenvalue weighted by molar-refractivity contribution is 5.95. The number of amides is 2. The quantitative estimate of drug-likeness (QED) is 0.609. The molecule has 0 aliphatic carbocycles. The Morgan fingerprint density at radius 3 is 2.30 bits per heavy atom. The Hall–Kier alpha value is -3.66. The highest BCUT2D eigenvalue weighted by Crippen LogP contribution is 2.27. The van der Waals surface area contributed by atoms with Crippen LogP contribution in [-0.2, 0) is 17.9 Å². The van der Waals surface area contributed by atoms with Crippen LogP contribution in [-0.4, -0.2) is 62.8 Å². The summed E-state index contributed by atoms with van der Waals surface area (Å²) in [6, 6.07) is 12.9. The molecular formula is C23H21F2N5O3. The van der Waals surface area contributed by atoms with Crippen molar-refractivity contribution in [3.05, 3.63) is 82.7 Å². The molecule has 0 N–H and O–H groups in total. The summed E-state index contributed by atoms with van der Waals surface area (Å²) in [6.45, 7) is 1.85. The minimum Gasteiger partial charge on any atom is -0.365 e. The molecule has 2 aliphatic heterocycles. The number of carbonyl (C=O) groups is 2. The second kappa shape index (κ2) is 8.70. The van der Waals surface area contributed by atoms with Gasteiger partial charge in [-0.15, -0.1) is 5.10 Å². The molecule has 0 bridgehead atoms. The fourth-order valence-electron chi connectivity index (χ4n) is 4.12. The van der Waals surface area contributed by atoms with Gasteiger partial charge >= 0.3 is 0 Å². The normalized spacial score (nSPS) is 18.2. The number of piperazine rings is 1. The van der Waals surface area contributed by atoms with Gasteiger partial charge in [0.05, 0.1) is 18.8 Å². The molecule has 3 aromatic rings. The number of hydrogen-bond acceptors (Lipinski definition) is 5. The lowest BCUT2D eigenvalue weighted by molar-refractivity contribution is -0.00202. The van der Waals surface area contributed by atoms with Gasteiger partial charge in [0.25, 0.3) is 11.8 Å². The van der Waals surface area contributed by atoms with Gasteiger partial charge < -0.3 is 14.5 Å². The average Bonchev–Trinajstić information content (AvgIpc) is 3.29. The number of halogens is 2. The van der Waals surface area contributed by atoms with Crippen LogP contribution in [0.1, 0.15) is 38.2 Å². The predicted molar refractivity (Wildman–Crippen MR) is 112 cm³/mol. The zero-order chi connectivity index (χ0) is 22.9. The molecule has 1 fully saturated rings. The highest BCUT2D eigenvalue weighted by Gasteiger charge is 2.32. The van der Waals surface area contributed by atoms with Gasteiger partial charge in [-0.05, 0) is 23.8 Å². The smallest absolute Gasteiger partial charge is 0.276 e. The molecule has 1 atom stereocenters. The molecule has 2 aromatic carbocycles. The van der Waals surface area contributed by atoms with E-state index in [9.17, 15) is 18.4 Å². The van der Waals surface area contributed by atoms with Crippen LogP contribution in [0.4, 0.5) is 8.78 Å². The SMILES string of the molecule is O=C(c1ccc(F)c(F)c1)N1CCN(C(=O)c2nnn3c2COC(c2ccccc2)C3)CC1. The molecule has 5 rings (SSSR count). The molecule has 170 valence electrons. The Labute approximate surface area is 188 Å². The molecule has 8 nitrogen and oxygen atoms in total. The monoisotopic (exact) mass is 453 g/mol. The van der Waals surface area contributed by atoms with Gasteiger partial charge in [-0.3, -0.25) is 9.59 Å². The molecule has 2 aliphatic rings. The highest BCUT2D eigenvalue weighted by atomic mass is 19.2. The third kappa shape index (κ3) is 4.09. The maximum atomic E-state index is 13.5. The van der Waals surface area contributed by atoms with Crippen molar-refractivity contribution in [3.8, 4) is 0 Å². The van der Waals surface area contributed by atoms with E-state index in [2.05, 4.69) is 10.3 Å². The standard InChI is InChI=1S/C23H21F2N5O3/c24-17-7-6-16(12-18(17)25)22(31)28-8-10-29(11-9-28)23(32)21-19-14-33-20(13-30(19)27-26-21)15-4-2-1-3-5-15/h1-7,12,20H,8-11,13-14H2. The van der Waals surface area contributed by atoms with Crippen LogP contribution in [0.2, 0.25) is 0 Å². The van der Waals surface area contributed by atoms with E-state index in [-0.39, 0.29) is 43.0 Å². The molecule has 2 amide bonds. The first-order valence-corrected chi connectivity index (χ1v) is 10.6. The van der Waals surface area contributed by atoms with E-state index < -0.39 is 17.5 Å². The van der Waals surface area contributed by atoms with Gasteiger partial charge in [-0.2, -0.15) is 0 Å². The fraction of sp³-hybridized carbons (Fsp3) is 0.304. The van der Waals surface area contributed by atoms with Gasteiger partial charge in [0.2, 0.25) is 0 Å².